The van der Waals surface area contributed by atoms with Gasteiger partial charge in [-0.1, -0.05) is 18.2 Å². The monoisotopic (exact) mass is 443 g/mol. The minimum absolute atomic E-state index is 0.0317. The second-order valence-electron chi connectivity index (χ2n) is 7.98. The quantitative estimate of drug-likeness (QED) is 0.695. The molecule has 0 spiro atoms. The molecule has 1 aliphatic rings. The third-order valence-electron chi connectivity index (χ3n) is 5.40. The fourth-order valence-electron chi connectivity index (χ4n) is 3.42. The Kier molecular flexibility index (Phi) is 5.70. The smallest absolute Gasteiger partial charge is 0.347 e. The zero-order chi connectivity index (χ0) is 22.3. The number of rotatable bonds is 5. The van der Waals surface area contributed by atoms with Crippen molar-refractivity contribution in [3.8, 4) is 0 Å². The topological polar surface area (TPSA) is 63.2 Å². The van der Waals surface area contributed by atoms with Crippen molar-refractivity contribution in [2.45, 2.75) is 48.5 Å². The summed E-state index contributed by atoms with van der Waals surface area (Å²) in [5.74, 6) is -1.31. The highest BCUT2D eigenvalue weighted by Crippen LogP contribution is 2.38. The van der Waals surface area contributed by atoms with Crippen LogP contribution in [0.1, 0.15) is 37.8 Å². The number of amides is 1. The first-order valence-electron chi connectivity index (χ1n) is 9.30. The van der Waals surface area contributed by atoms with E-state index in [4.69, 9.17) is 0 Å². The fraction of sp³-hybridized carbons (Fsp3) is 0.381. The Hall–Kier alpha value is -2.42. The molecule has 0 saturated heterocycles. The van der Waals surface area contributed by atoms with Crippen LogP contribution >= 0.6 is 0 Å². The number of halogens is 4. The van der Waals surface area contributed by atoms with Gasteiger partial charge in [0.15, 0.2) is 9.84 Å². The summed E-state index contributed by atoms with van der Waals surface area (Å²) in [7, 11) is -3.97. The second-order valence-corrected chi connectivity index (χ2v) is 10.2. The molecular weight excluding hydrogens is 422 g/mol. The van der Waals surface area contributed by atoms with Gasteiger partial charge >= 0.3 is 6.18 Å². The first-order valence-corrected chi connectivity index (χ1v) is 10.8. The van der Waals surface area contributed by atoms with E-state index in [2.05, 4.69) is 5.32 Å². The molecule has 1 saturated carbocycles. The van der Waals surface area contributed by atoms with Crippen molar-refractivity contribution in [1.29, 1.82) is 0 Å². The molecule has 9 heteroatoms. The Balaban J connectivity index is 1.66. The van der Waals surface area contributed by atoms with Crippen LogP contribution in [0.4, 0.5) is 17.6 Å². The molecule has 2 aromatic rings. The van der Waals surface area contributed by atoms with Gasteiger partial charge in [-0.25, -0.2) is 12.8 Å². The first-order chi connectivity index (χ1) is 13.8. The third-order valence-corrected chi connectivity index (χ3v) is 7.57. The lowest BCUT2D eigenvalue weighted by molar-refractivity contribution is -0.137. The molecule has 1 fully saturated rings. The van der Waals surface area contributed by atoms with Gasteiger partial charge in [0.05, 0.1) is 21.2 Å². The second kappa shape index (κ2) is 7.68. The highest BCUT2D eigenvalue weighted by Gasteiger charge is 2.44. The van der Waals surface area contributed by atoms with Gasteiger partial charge in [-0.05, 0) is 62.6 Å². The highest BCUT2D eigenvalue weighted by atomic mass is 32.2. The molecule has 0 aromatic heterocycles. The zero-order valence-electron chi connectivity index (χ0n) is 16.3. The molecule has 0 unspecified atom stereocenters. The summed E-state index contributed by atoms with van der Waals surface area (Å²) >= 11 is 0. The lowest BCUT2D eigenvalue weighted by Gasteiger charge is -2.36. The molecule has 3 rings (SSSR count). The molecule has 0 radical (unpaired) electrons. The standard InChI is InChI=1S/C21H21F4NO3S/c1-20(2,14-6-8-16(22)9-7-14)26-19(27)13-10-18(11-13)30(28,29)17-5-3-4-15(12-17)21(23,24)25/h3-9,12-13,18H,10-11H2,1-2H3,(H,26,27). The first kappa shape index (κ1) is 22.3. The van der Waals surface area contributed by atoms with Crippen molar-refractivity contribution >= 4 is 15.7 Å². The van der Waals surface area contributed by atoms with Crippen LogP contribution in [0.15, 0.2) is 53.4 Å². The van der Waals surface area contributed by atoms with Crippen molar-refractivity contribution < 1.29 is 30.8 Å². The highest BCUT2D eigenvalue weighted by molar-refractivity contribution is 7.92. The third kappa shape index (κ3) is 4.50. The summed E-state index contributed by atoms with van der Waals surface area (Å²) in [6, 6.07) is 9.30. The predicted octanol–water partition coefficient (Wildman–Crippen LogP) is 4.45. The average molecular weight is 443 g/mol. The van der Waals surface area contributed by atoms with Crippen LogP contribution in [-0.4, -0.2) is 19.6 Å². The molecule has 0 heterocycles. The number of nitrogens with one attached hydrogen (secondary N) is 1. The van der Waals surface area contributed by atoms with Gasteiger partial charge < -0.3 is 5.32 Å². The van der Waals surface area contributed by atoms with Crippen LogP contribution in [0.25, 0.3) is 0 Å². The van der Waals surface area contributed by atoms with E-state index in [9.17, 15) is 30.8 Å². The van der Waals surface area contributed by atoms with Gasteiger partial charge in [0, 0.05) is 5.92 Å². The van der Waals surface area contributed by atoms with E-state index in [1.54, 1.807) is 26.0 Å². The van der Waals surface area contributed by atoms with Gasteiger partial charge in [0.2, 0.25) is 5.91 Å². The Morgan fingerprint density at radius 1 is 1.00 bits per heavy atom. The zero-order valence-corrected chi connectivity index (χ0v) is 17.1. The fourth-order valence-corrected chi connectivity index (χ4v) is 5.34. The molecule has 0 atom stereocenters. The SMILES string of the molecule is CC(C)(NC(=O)C1CC(S(=O)(=O)c2cccc(C(F)(F)F)c2)C1)c1ccc(F)cc1. The largest absolute Gasteiger partial charge is 0.416 e. The molecule has 162 valence electrons. The number of sulfone groups is 1. The summed E-state index contributed by atoms with van der Waals surface area (Å²) in [4.78, 5) is 12.2. The lowest BCUT2D eigenvalue weighted by Crippen LogP contribution is -2.49. The molecule has 4 nitrogen and oxygen atoms in total. The summed E-state index contributed by atoms with van der Waals surface area (Å²) < 4.78 is 77.1. The Morgan fingerprint density at radius 2 is 1.60 bits per heavy atom. The van der Waals surface area contributed by atoms with E-state index < -0.39 is 49.0 Å². The molecule has 2 aromatic carbocycles. The summed E-state index contributed by atoms with van der Waals surface area (Å²) in [5, 5.41) is 1.92. The number of alkyl halides is 3. The van der Waals surface area contributed by atoms with Gasteiger partial charge in [0.25, 0.3) is 0 Å². The van der Waals surface area contributed by atoms with E-state index in [1.807, 2.05) is 0 Å². The Labute approximate surface area is 172 Å². The van der Waals surface area contributed by atoms with Crippen molar-refractivity contribution in [3.63, 3.8) is 0 Å². The minimum Gasteiger partial charge on any atom is -0.347 e. The molecule has 0 aliphatic heterocycles. The van der Waals surface area contributed by atoms with Crippen LogP contribution < -0.4 is 5.32 Å². The van der Waals surface area contributed by atoms with Gasteiger partial charge in [-0.2, -0.15) is 13.2 Å². The van der Waals surface area contributed by atoms with E-state index >= 15 is 0 Å². The molecular formula is C21H21F4NO3S. The van der Waals surface area contributed by atoms with Gasteiger partial charge in [0.1, 0.15) is 5.82 Å². The lowest BCUT2D eigenvalue weighted by atomic mass is 9.83. The molecule has 0 bridgehead atoms. The van der Waals surface area contributed by atoms with E-state index in [0.717, 1.165) is 18.2 Å². The van der Waals surface area contributed by atoms with Crippen LogP contribution in [-0.2, 0) is 26.3 Å². The van der Waals surface area contributed by atoms with Gasteiger partial charge in [-0.3, -0.25) is 4.79 Å². The number of carbonyl (C=O) groups excluding carboxylic acids is 1. The molecule has 1 amide bonds. The van der Waals surface area contributed by atoms with Crippen LogP contribution in [0.5, 0.6) is 0 Å². The number of benzene rings is 2. The summed E-state index contributed by atoms with van der Waals surface area (Å²) in [6.07, 6.45) is -4.58. The van der Waals surface area contributed by atoms with Crippen molar-refractivity contribution in [2.75, 3.05) is 0 Å². The van der Waals surface area contributed by atoms with Crippen LogP contribution in [0, 0.1) is 11.7 Å². The van der Waals surface area contributed by atoms with Gasteiger partial charge in [-0.15, -0.1) is 0 Å². The van der Waals surface area contributed by atoms with E-state index in [-0.39, 0.29) is 18.7 Å². The molecule has 30 heavy (non-hydrogen) atoms. The maximum absolute atomic E-state index is 13.1. The predicted molar refractivity (Wildman–Crippen MR) is 103 cm³/mol. The maximum atomic E-state index is 13.1. The molecule has 1 aliphatic carbocycles. The van der Waals surface area contributed by atoms with E-state index in [1.165, 1.54) is 12.1 Å². The minimum atomic E-state index is -4.64. The van der Waals surface area contributed by atoms with Crippen molar-refractivity contribution in [3.05, 3.63) is 65.5 Å². The van der Waals surface area contributed by atoms with E-state index in [0.29, 0.717) is 11.6 Å². The molecule has 1 N–H and O–H groups in total. The number of carbonyl (C=O) groups is 1. The van der Waals surface area contributed by atoms with Crippen LogP contribution in [0.2, 0.25) is 0 Å². The average Bonchev–Trinajstić information content (AvgIpc) is 2.59. The summed E-state index contributed by atoms with van der Waals surface area (Å²) in [6.45, 7) is 3.49. The van der Waals surface area contributed by atoms with Crippen molar-refractivity contribution in [2.24, 2.45) is 5.92 Å². The van der Waals surface area contributed by atoms with Crippen LogP contribution in [0.3, 0.4) is 0 Å². The Bertz CT molecular complexity index is 1040. The summed E-state index contributed by atoms with van der Waals surface area (Å²) in [5.41, 5.74) is -1.14. The maximum Gasteiger partial charge on any atom is 0.416 e. The number of hydrogen-bond donors (Lipinski definition) is 1. The Morgan fingerprint density at radius 3 is 2.17 bits per heavy atom. The normalized spacial score (nSPS) is 19.8. The van der Waals surface area contributed by atoms with Crippen molar-refractivity contribution in [1.82, 2.24) is 5.32 Å². The number of hydrogen-bond acceptors (Lipinski definition) is 3.